The number of carbonyl (C=O) groups excluding carboxylic acids is 3. The van der Waals surface area contributed by atoms with Gasteiger partial charge in [0.25, 0.3) is 11.8 Å². The number of carbonyl (C=O) groups is 3. The first-order chi connectivity index (χ1) is 16.8. The molecule has 4 rings (SSSR count). The lowest BCUT2D eigenvalue weighted by Crippen LogP contribution is -2.46. The summed E-state index contributed by atoms with van der Waals surface area (Å²) < 4.78 is 4.76. The molecule has 3 aromatic rings. The fraction of sp³-hybridized carbons (Fsp3) is 0.318. The maximum atomic E-state index is 12.8. The average molecular weight is 519 g/mol. The van der Waals surface area contributed by atoms with Gasteiger partial charge in [0.05, 0.1) is 25.0 Å². The van der Waals surface area contributed by atoms with Crippen molar-refractivity contribution in [1.29, 1.82) is 0 Å². The molecule has 1 aliphatic rings. The van der Waals surface area contributed by atoms with Crippen molar-refractivity contribution in [3.05, 3.63) is 45.7 Å². The van der Waals surface area contributed by atoms with E-state index in [1.54, 1.807) is 40.1 Å². The molecular weight excluding hydrogens is 492 g/mol. The first-order valence-electron chi connectivity index (χ1n) is 10.7. The molecule has 1 unspecified atom stereocenters. The van der Waals surface area contributed by atoms with Crippen molar-refractivity contribution in [1.82, 2.24) is 9.97 Å². The summed E-state index contributed by atoms with van der Waals surface area (Å²) in [5.74, 6) is -1.31. The van der Waals surface area contributed by atoms with Crippen molar-refractivity contribution in [2.75, 3.05) is 35.7 Å². The Kier molecular flexibility index (Phi) is 8.38. The number of β-amino-alcohol motifs (C(OH)–C–C–N with tert-alkyl or cyclic N) is 1. The van der Waals surface area contributed by atoms with E-state index >= 15 is 0 Å². The molecule has 2 amide bonds. The van der Waals surface area contributed by atoms with Crippen molar-refractivity contribution in [2.24, 2.45) is 5.73 Å². The second kappa shape index (κ2) is 11.3. The van der Waals surface area contributed by atoms with E-state index in [4.69, 9.17) is 10.5 Å². The number of nitrogens with one attached hydrogen (secondary N) is 2. The lowest BCUT2D eigenvalue weighted by molar-refractivity contribution is -0.134. The van der Waals surface area contributed by atoms with E-state index in [-0.39, 0.29) is 18.7 Å². The van der Waals surface area contributed by atoms with Crippen molar-refractivity contribution in [2.45, 2.75) is 25.9 Å². The van der Waals surface area contributed by atoms with Crippen molar-refractivity contribution >= 4 is 62.8 Å². The third-order valence-corrected chi connectivity index (χ3v) is 6.71. The van der Waals surface area contributed by atoms with Crippen LogP contribution in [0.1, 0.15) is 40.4 Å². The molecule has 186 valence electrons. The van der Waals surface area contributed by atoms with E-state index in [2.05, 4.69) is 20.6 Å². The van der Waals surface area contributed by atoms with Gasteiger partial charge in [0.2, 0.25) is 0 Å². The number of methoxy groups -OCH3 is 1. The Morgan fingerprint density at radius 3 is 2.69 bits per heavy atom. The van der Waals surface area contributed by atoms with Gasteiger partial charge in [-0.05, 0) is 23.6 Å². The number of thiazole rings is 1. The topological polar surface area (TPSA) is 160 Å². The fourth-order valence-corrected chi connectivity index (χ4v) is 4.79. The SMILES string of the molecule is CC.COC(=O)c1sccc1Nc1nc(C(=O)Nc2cccnc2N2CCC(O)(C(N)=O)C2)cs1. The highest BCUT2D eigenvalue weighted by atomic mass is 32.1. The predicted octanol–water partition coefficient (Wildman–Crippen LogP) is 2.83. The number of aliphatic hydroxyl groups is 1. The molecule has 5 N–H and O–H groups in total. The number of nitrogens with two attached hydrogens (primary N) is 1. The van der Waals surface area contributed by atoms with Crippen molar-refractivity contribution < 1.29 is 24.2 Å². The number of esters is 1. The Morgan fingerprint density at radius 2 is 2.00 bits per heavy atom. The van der Waals surface area contributed by atoms with E-state index < -0.39 is 23.4 Å². The first-order valence-corrected chi connectivity index (χ1v) is 12.5. The molecule has 35 heavy (non-hydrogen) atoms. The minimum absolute atomic E-state index is 0.0177. The summed E-state index contributed by atoms with van der Waals surface area (Å²) in [6, 6.07) is 5.05. The molecule has 0 bridgehead atoms. The van der Waals surface area contributed by atoms with Gasteiger partial charge in [0.15, 0.2) is 16.6 Å². The lowest BCUT2D eigenvalue weighted by atomic mass is 10.0. The molecule has 4 heterocycles. The molecule has 1 saturated heterocycles. The van der Waals surface area contributed by atoms with Crippen LogP contribution in [0.2, 0.25) is 0 Å². The maximum absolute atomic E-state index is 12.8. The normalized spacial score (nSPS) is 16.7. The second-order valence-corrected chi connectivity index (χ2v) is 8.99. The number of primary amides is 1. The van der Waals surface area contributed by atoms with Gasteiger partial charge in [-0.3, -0.25) is 9.59 Å². The summed E-state index contributed by atoms with van der Waals surface area (Å²) in [6.45, 7) is 4.34. The standard InChI is InChI=1S/C20H20N6O5S2.C2H6/c1-31-17(28)14-11(4-8-32-14)24-19-25-13(9-33-19)16(27)23-12-3-2-6-22-15(12)26-7-5-20(30,10-26)18(21)29;1-2/h2-4,6,8-9,30H,5,7,10H2,1H3,(H2,21,29)(H,23,27)(H,24,25);1-2H3. The van der Waals surface area contributed by atoms with Crippen LogP contribution < -0.4 is 21.3 Å². The fourth-order valence-electron chi connectivity index (χ4n) is 3.32. The molecule has 13 heteroatoms. The van der Waals surface area contributed by atoms with Gasteiger partial charge < -0.3 is 31.1 Å². The number of pyridine rings is 1. The molecule has 0 aliphatic carbocycles. The Balaban J connectivity index is 0.00000167. The molecule has 0 saturated carbocycles. The highest BCUT2D eigenvalue weighted by Crippen LogP contribution is 2.31. The average Bonchev–Trinajstić information content (AvgIpc) is 3.61. The monoisotopic (exact) mass is 518 g/mol. The number of ether oxygens (including phenoxy) is 1. The van der Waals surface area contributed by atoms with Crippen LogP contribution in [0.3, 0.4) is 0 Å². The molecule has 11 nitrogen and oxygen atoms in total. The Hall–Kier alpha value is -3.55. The number of hydrogen-bond acceptors (Lipinski definition) is 11. The van der Waals surface area contributed by atoms with Crippen molar-refractivity contribution in [3.63, 3.8) is 0 Å². The third kappa shape index (κ3) is 5.75. The summed E-state index contributed by atoms with van der Waals surface area (Å²) >= 11 is 2.44. The van der Waals surface area contributed by atoms with E-state index in [1.165, 1.54) is 29.8 Å². The number of nitrogens with zero attached hydrogens (tertiary/aromatic N) is 3. The molecule has 1 aliphatic heterocycles. The molecule has 0 spiro atoms. The summed E-state index contributed by atoms with van der Waals surface area (Å²) in [5, 5.41) is 19.9. The predicted molar refractivity (Wildman–Crippen MR) is 136 cm³/mol. The smallest absolute Gasteiger partial charge is 0.350 e. The van der Waals surface area contributed by atoms with Crippen LogP contribution in [0.5, 0.6) is 0 Å². The number of amides is 2. The van der Waals surface area contributed by atoms with Crippen molar-refractivity contribution in [3.8, 4) is 0 Å². The van der Waals surface area contributed by atoms with Gasteiger partial charge in [0, 0.05) is 24.5 Å². The zero-order valence-corrected chi connectivity index (χ0v) is 21.0. The van der Waals surface area contributed by atoms with Gasteiger partial charge in [-0.15, -0.1) is 22.7 Å². The summed E-state index contributed by atoms with van der Waals surface area (Å²) in [6.07, 6.45) is 1.72. The van der Waals surface area contributed by atoms with E-state index in [0.717, 1.165) is 0 Å². The Labute approximate surface area is 210 Å². The zero-order chi connectivity index (χ0) is 25.6. The summed E-state index contributed by atoms with van der Waals surface area (Å²) in [7, 11) is 1.31. The second-order valence-electron chi connectivity index (χ2n) is 7.21. The number of anilines is 4. The molecule has 1 fully saturated rings. The largest absolute Gasteiger partial charge is 0.465 e. The minimum Gasteiger partial charge on any atom is -0.465 e. The maximum Gasteiger partial charge on any atom is 0.350 e. The van der Waals surface area contributed by atoms with Crippen LogP contribution in [0.4, 0.5) is 22.3 Å². The lowest BCUT2D eigenvalue weighted by Gasteiger charge is -2.22. The molecule has 0 radical (unpaired) electrons. The quantitative estimate of drug-likeness (QED) is 0.345. The van der Waals surface area contributed by atoms with Gasteiger partial charge in [0.1, 0.15) is 10.6 Å². The van der Waals surface area contributed by atoms with Gasteiger partial charge in [-0.1, -0.05) is 13.8 Å². The molecule has 1 atom stereocenters. The van der Waals surface area contributed by atoms with Crippen LogP contribution in [0, 0.1) is 0 Å². The van der Waals surface area contributed by atoms with Crippen LogP contribution >= 0.6 is 22.7 Å². The summed E-state index contributed by atoms with van der Waals surface area (Å²) in [4.78, 5) is 46.9. The zero-order valence-electron chi connectivity index (χ0n) is 19.4. The van der Waals surface area contributed by atoms with E-state index in [9.17, 15) is 19.5 Å². The molecular formula is C22H26N6O5S2. The van der Waals surface area contributed by atoms with Gasteiger partial charge >= 0.3 is 5.97 Å². The van der Waals surface area contributed by atoms with Crippen LogP contribution in [0.15, 0.2) is 35.2 Å². The Morgan fingerprint density at radius 1 is 1.23 bits per heavy atom. The first kappa shape index (κ1) is 26.1. The number of aromatic nitrogens is 2. The highest BCUT2D eigenvalue weighted by molar-refractivity contribution is 7.14. The van der Waals surface area contributed by atoms with E-state index in [0.29, 0.717) is 33.7 Å². The van der Waals surface area contributed by atoms with Crippen LogP contribution in [-0.4, -0.2) is 58.7 Å². The molecule has 3 aromatic heterocycles. The Bertz CT molecular complexity index is 1210. The summed E-state index contributed by atoms with van der Waals surface area (Å²) in [5.41, 5.74) is 4.78. The van der Waals surface area contributed by atoms with E-state index in [1.807, 2.05) is 13.8 Å². The third-order valence-electron chi connectivity index (χ3n) is 5.06. The molecule has 0 aromatic carbocycles. The van der Waals surface area contributed by atoms with Crippen LogP contribution in [0.25, 0.3) is 0 Å². The highest BCUT2D eigenvalue weighted by Gasteiger charge is 2.42. The van der Waals surface area contributed by atoms with Crippen LogP contribution in [-0.2, 0) is 9.53 Å². The number of hydrogen-bond donors (Lipinski definition) is 4. The number of thiophene rings is 1. The number of rotatable bonds is 7. The van der Waals surface area contributed by atoms with Gasteiger partial charge in [-0.2, -0.15) is 0 Å². The minimum atomic E-state index is -1.64. The van der Waals surface area contributed by atoms with Gasteiger partial charge in [-0.25, -0.2) is 14.8 Å².